The third-order valence-electron chi connectivity index (χ3n) is 6.36. The second-order valence-corrected chi connectivity index (χ2v) is 8.04. The number of amides is 1. The Kier molecular flexibility index (Phi) is 4.39. The van der Waals surface area contributed by atoms with Gasteiger partial charge in [-0.25, -0.2) is 0 Å². The SMILES string of the molecule is CN1C(=O)C[C@@H](C(=O)O)C12CCN(Cc1nn(C)c3cccc(Cl)c13)CC2. The van der Waals surface area contributed by atoms with Gasteiger partial charge in [0.2, 0.25) is 5.91 Å². The number of piperidine rings is 1. The van der Waals surface area contributed by atoms with Crippen LogP contribution in [0.2, 0.25) is 5.02 Å². The van der Waals surface area contributed by atoms with Crippen LogP contribution in [0.1, 0.15) is 25.0 Å². The van der Waals surface area contributed by atoms with E-state index in [-0.39, 0.29) is 12.3 Å². The van der Waals surface area contributed by atoms with Gasteiger partial charge in [0.25, 0.3) is 0 Å². The molecule has 144 valence electrons. The van der Waals surface area contributed by atoms with E-state index in [9.17, 15) is 14.7 Å². The van der Waals surface area contributed by atoms with Crippen LogP contribution in [0.5, 0.6) is 0 Å². The predicted molar refractivity (Wildman–Crippen MR) is 101 cm³/mol. The largest absolute Gasteiger partial charge is 0.481 e. The number of carboxylic acids is 1. The number of carbonyl (C=O) groups is 2. The summed E-state index contributed by atoms with van der Waals surface area (Å²) >= 11 is 6.40. The van der Waals surface area contributed by atoms with Crippen molar-refractivity contribution in [2.45, 2.75) is 31.3 Å². The van der Waals surface area contributed by atoms with Gasteiger partial charge in [-0.3, -0.25) is 19.2 Å². The van der Waals surface area contributed by atoms with E-state index >= 15 is 0 Å². The lowest BCUT2D eigenvalue weighted by Gasteiger charge is -2.45. The van der Waals surface area contributed by atoms with Crippen molar-refractivity contribution in [3.8, 4) is 0 Å². The van der Waals surface area contributed by atoms with Crippen molar-refractivity contribution >= 4 is 34.4 Å². The molecule has 1 aromatic heterocycles. The van der Waals surface area contributed by atoms with Crippen molar-refractivity contribution < 1.29 is 14.7 Å². The normalized spacial score (nSPS) is 22.9. The maximum Gasteiger partial charge on any atom is 0.309 e. The van der Waals surface area contributed by atoms with Gasteiger partial charge in [-0.2, -0.15) is 5.10 Å². The number of hydrogen-bond donors (Lipinski definition) is 1. The zero-order chi connectivity index (χ0) is 19.3. The summed E-state index contributed by atoms with van der Waals surface area (Å²) in [6.45, 7) is 2.11. The van der Waals surface area contributed by atoms with Crippen LogP contribution in [0, 0.1) is 5.92 Å². The first-order chi connectivity index (χ1) is 12.8. The van der Waals surface area contributed by atoms with E-state index < -0.39 is 17.4 Å². The first kappa shape index (κ1) is 18.3. The van der Waals surface area contributed by atoms with E-state index in [0.717, 1.165) is 29.7 Å². The first-order valence-electron chi connectivity index (χ1n) is 9.15. The van der Waals surface area contributed by atoms with E-state index in [4.69, 9.17) is 11.6 Å². The summed E-state index contributed by atoms with van der Waals surface area (Å²) < 4.78 is 1.84. The van der Waals surface area contributed by atoms with Gasteiger partial charge in [-0.05, 0) is 25.0 Å². The molecule has 0 saturated carbocycles. The molecule has 7 nitrogen and oxygen atoms in total. The van der Waals surface area contributed by atoms with Crippen molar-refractivity contribution in [1.29, 1.82) is 0 Å². The van der Waals surface area contributed by atoms with Crippen LogP contribution >= 0.6 is 11.6 Å². The lowest BCUT2D eigenvalue weighted by molar-refractivity contribution is -0.146. The number of aliphatic carboxylic acids is 1. The Bertz CT molecular complexity index is 917. The van der Waals surface area contributed by atoms with Crippen molar-refractivity contribution in [1.82, 2.24) is 19.6 Å². The van der Waals surface area contributed by atoms with Crippen LogP contribution in [0.25, 0.3) is 10.9 Å². The summed E-state index contributed by atoms with van der Waals surface area (Å²) in [5.41, 5.74) is 1.36. The highest BCUT2D eigenvalue weighted by molar-refractivity contribution is 6.35. The number of halogens is 1. The number of fused-ring (bicyclic) bond motifs is 1. The summed E-state index contributed by atoms with van der Waals surface area (Å²) in [5, 5.41) is 15.9. The molecule has 2 saturated heterocycles. The lowest BCUT2D eigenvalue weighted by atomic mass is 9.77. The molecule has 2 aliphatic rings. The molecular weight excluding hydrogens is 368 g/mol. The van der Waals surface area contributed by atoms with Gasteiger partial charge in [0, 0.05) is 45.5 Å². The van der Waals surface area contributed by atoms with E-state index in [1.165, 1.54) is 0 Å². The molecule has 2 fully saturated rings. The lowest BCUT2D eigenvalue weighted by Crippen LogP contribution is -2.55. The molecule has 1 amide bonds. The molecule has 4 rings (SSSR count). The number of carboxylic acid groups (broad SMARTS) is 1. The standard InChI is InChI=1S/C19H23ClN4O3/c1-22-16(25)10-12(18(26)27)19(22)6-8-24(9-7-19)11-14-17-13(20)4-3-5-15(17)23(2)21-14/h3-5,12H,6-11H2,1-2H3,(H,26,27)/t12-/m0/s1. The zero-order valence-electron chi connectivity index (χ0n) is 15.5. The maximum atomic E-state index is 12.1. The molecule has 2 aliphatic heterocycles. The minimum atomic E-state index is -0.872. The number of nitrogens with zero attached hydrogens (tertiary/aromatic N) is 4. The average molecular weight is 391 g/mol. The molecule has 27 heavy (non-hydrogen) atoms. The fourth-order valence-corrected chi connectivity index (χ4v) is 5.04. The number of likely N-dealkylation sites (tertiary alicyclic amines) is 2. The topological polar surface area (TPSA) is 78.7 Å². The zero-order valence-corrected chi connectivity index (χ0v) is 16.2. The monoisotopic (exact) mass is 390 g/mol. The molecule has 1 aromatic carbocycles. The second kappa shape index (κ2) is 6.49. The predicted octanol–water partition coefficient (Wildman–Crippen LogP) is 2.12. The first-order valence-corrected chi connectivity index (χ1v) is 9.53. The summed E-state index contributed by atoms with van der Waals surface area (Å²) in [5.74, 6) is -1.57. The maximum absolute atomic E-state index is 12.1. The molecule has 1 N–H and O–H groups in total. The molecule has 0 bridgehead atoms. The summed E-state index contributed by atoms with van der Waals surface area (Å²) in [6.07, 6.45) is 1.42. The van der Waals surface area contributed by atoms with Crippen LogP contribution in [-0.4, -0.2) is 62.2 Å². The van der Waals surface area contributed by atoms with Gasteiger partial charge in [-0.1, -0.05) is 17.7 Å². The Morgan fingerprint density at radius 3 is 2.70 bits per heavy atom. The van der Waals surface area contributed by atoms with E-state index in [1.807, 2.05) is 29.9 Å². The number of aryl methyl sites for hydroxylation is 1. The second-order valence-electron chi connectivity index (χ2n) is 7.63. The molecule has 3 heterocycles. The Balaban J connectivity index is 1.54. The van der Waals surface area contributed by atoms with Crippen molar-refractivity contribution in [2.75, 3.05) is 20.1 Å². The highest BCUT2D eigenvalue weighted by atomic mass is 35.5. The van der Waals surface area contributed by atoms with Crippen molar-refractivity contribution in [3.05, 3.63) is 28.9 Å². The Labute approximate surface area is 162 Å². The number of rotatable bonds is 3. The molecule has 1 spiro atoms. The van der Waals surface area contributed by atoms with Crippen LogP contribution in [-0.2, 0) is 23.2 Å². The van der Waals surface area contributed by atoms with E-state index in [0.29, 0.717) is 24.4 Å². The summed E-state index contributed by atoms with van der Waals surface area (Å²) in [4.78, 5) is 27.8. The van der Waals surface area contributed by atoms with Gasteiger partial charge < -0.3 is 10.0 Å². The Morgan fingerprint density at radius 1 is 1.33 bits per heavy atom. The molecule has 0 radical (unpaired) electrons. The molecule has 1 atom stereocenters. The summed E-state index contributed by atoms with van der Waals surface area (Å²) in [7, 11) is 3.65. The molecule has 2 aromatic rings. The molecular formula is C19H23ClN4O3. The van der Waals surface area contributed by atoms with Crippen LogP contribution in [0.4, 0.5) is 0 Å². The molecule has 8 heteroatoms. The van der Waals surface area contributed by atoms with Crippen LogP contribution in [0.3, 0.4) is 0 Å². The van der Waals surface area contributed by atoms with Crippen LogP contribution < -0.4 is 0 Å². The smallest absolute Gasteiger partial charge is 0.309 e. The Morgan fingerprint density at radius 2 is 2.04 bits per heavy atom. The van der Waals surface area contributed by atoms with Gasteiger partial charge in [0.1, 0.15) is 0 Å². The van der Waals surface area contributed by atoms with Gasteiger partial charge in [0.15, 0.2) is 0 Å². The Hall–Kier alpha value is -2.12. The molecule has 0 aliphatic carbocycles. The minimum absolute atomic E-state index is 0.0710. The van der Waals surface area contributed by atoms with Gasteiger partial charge in [-0.15, -0.1) is 0 Å². The third kappa shape index (κ3) is 2.80. The number of benzene rings is 1. The fraction of sp³-hybridized carbons (Fsp3) is 0.526. The average Bonchev–Trinajstić information content (AvgIpc) is 3.08. The highest BCUT2D eigenvalue weighted by Crippen LogP contribution is 2.43. The number of hydrogen-bond acceptors (Lipinski definition) is 4. The number of carbonyl (C=O) groups excluding carboxylic acids is 1. The van der Waals surface area contributed by atoms with E-state index in [1.54, 1.807) is 11.9 Å². The minimum Gasteiger partial charge on any atom is -0.481 e. The van der Waals surface area contributed by atoms with Crippen molar-refractivity contribution in [2.24, 2.45) is 13.0 Å². The van der Waals surface area contributed by atoms with Gasteiger partial charge in [0.05, 0.1) is 27.7 Å². The quantitative estimate of drug-likeness (QED) is 0.868. The summed E-state index contributed by atoms with van der Waals surface area (Å²) in [6, 6.07) is 5.79. The fourth-order valence-electron chi connectivity index (χ4n) is 4.76. The molecule has 0 unspecified atom stereocenters. The van der Waals surface area contributed by atoms with Crippen molar-refractivity contribution in [3.63, 3.8) is 0 Å². The van der Waals surface area contributed by atoms with Gasteiger partial charge >= 0.3 is 5.97 Å². The number of aromatic nitrogens is 2. The van der Waals surface area contributed by atoms with E-state index in [2.05, 4.69) is 10.00 Å². The highest BCUT2D eigenvalue weighted by Gasteiger charge is 2.55. The third-order valence-corrected chi connectivity index (χ3v) is 6.68. The van der Waals surface area contributed by atoms with Crippen LogP contribution in [0.15, 0.2) is 18.2 Å².